The molecule has 1 aromatic carbocycles. The van der Waals surface area contributed by atoms with E-state index >= 15 is 0 Å². The summed E-state index contributed by atoms with van der Waals surface area (Å²) in [5.41, 5.74) is 3.96. The van der Waals surface area contributed by atoms with Gasteiger partial charge in [-0.2, -0.15) is 4.31 Å². The Balaban J connectivity index is 1.94. The monoisotopic (exact) mass is 306 g/mol. The average Bonchev–Trinajstić information content (AvgIpc) is 2.83. The first-order valence-corrected chi connectivity index (χ1v) is 8.35. The van der Waals surface area contributed by atoms with Gasteiger partial charge in [-0.1, -0.05) is 11.2 Å². The average molecular weight is 306 g/mol. The third-order valence-corrected chi connectivity index (χ3v) is 5.95. The fourth-order valence-corrected chi connectivity index (χ4v) is 4.07. The van der Waals surface area contributed by atoms with Crippen molar-refractivity contribution >= 4 is 10.0 Å². The fraction of sp³-hybridized carbons (Fsp3) is 0.400. The molecular formula is C15H18N2O3S. The van der Waals surface area contributed by atoms with Gasteiger partial charge in [-0.15, -0.1) is 0 Å². The molecule has 2 heterocycles. The molecular weight excluding hydrogens is 288 g/mol. The molecule has 0 bridgehead atoms. The Kier molecular flexibility index (Phi) is 3.37. The maximum absolute atomic E-state index is 12.7. The van der Waals surface area contributed by atoms with Gasteiger partial charge in [-0.05, 0) is 50.5 Å². The summed E-state index contributed by atoms with van der Waals surface area (Å²) < 4.78 is 32.2. The summed E-state index contributed by atoms with van der Waals surface area (Å²) >= 11 is 0. The lowest BCUT2D eigenvalue weighted by atomic mass is 10.1. The first kappa shape index (κ1) is 14.3. The minimum Gasteiger partial charge on any atom is -0.359 e. The predicted octanol–water partition coefficient (Wildman–Crippen LogP) is 2.35. The zero-order valence-electron chi connectivity index (χ0n) is 12.4. The third-order valence-electron chi connectivity index (χ3n) is 4.11. The highest BCUT2D eigenvalue weighted by Crippen LogP contribution is 2.27. The molecule has 0 N–H and O–H groups in total. The van der Waals surface area contributed by atoms with Crippen LogP contribution in [-0.4, -0.2) is 24.4 Å². The summed E-state index contributed by atoms with van der Waals surface area (Å²) in [6, 6.07) is 5.24. The van der Waals surface area contributed by atoms with Gasteiger partial charge in [0.15, 0.2) is 5.76 Å². The first-order valence-electron chi connectivity index (χ1n) is 6.91. The highest BCUT2D eigenvalue weighted by atomic mass is 32.2. The van der Waals surface area contributed by atoms with Crippen LogP contribution in [0.4, 0.5) is 0 Å². The minimum atomic E-state index is -3.49. The second-order valence-electron chi connectivity index (χ2n) is 5.50. The summed E-state index contributed by atoms with van der Waals surface area (Å²) in [7, 11) is -3.49. The molecule has 1 aromatic heterocycles. The van der Waals surface area contributed by atoms with Crippen LogP contribution in [0.15, 0.2) is 27.6 Å². The van der Waals surface area contributed by atoms with Gasteiger partial charge in [0.2, 0.25) is 10.0 Å². The second-order valence-corrected chi connectivity index (χ2v) is 7.44. The smallest absolute Gasteiger partial charge is 0.243 e. The number of hydrogen-bond donors (Lipinski definition) is 0. The maximum Gasteiger partial charge on any atom is 0.243 e. The zero-order valence-corrected chi connectivity index (χ0v) is 13.2. The van der Waals surface area contributed by atoms with Crippen LogP contribution < -0.4 is 0 Å². The van der Waals surface area contributed by atoms with Crippen LogP contribution in [0.3, 0.4) is 0 Å². The number of benzene rings is 1. The summed E-state index contributed by atoms with van der Waals surface area (Å²) in [5.74, 6) is 0.658. The van der Waals surface area contributed by atoms with Crippen LogP contribution >= 0.6 is 0 Å². The highest BCUT2D eigenvalue weighted by Gasteiger charge is 2.31. The van der Waals surface area contributed by atoms with E-state index in [1.54, 1.807) is 12.1 Å². The fourth-order valence-electron chi connectivity index (χ4n) is 2.58. The van der Waals surface area contributed by atoms with Gasteiger partial charge >= 0.3 is 0 Å². The van der Waals surface area contributed by atoms with Gasteiger partial charge < -0.3 is 4.52 Å². The van der Waals surface area contributed by atoms with Crippen molar-refractivity contribution in [3.63, 3.8) is 0 Å². The standard InChI is InChI=1S/C15H18N2O3S/c1-10-4-5-13(8-11(10)2)21(18,19)17-7-6-14-12(3)16-20-15(14)9-17/h4-5,8H,6-7,9H2,1-3H3. The molecule has 0 unspecified atom stereocenters. The molecule has 0 fully saturated rings. The molecule has 0 spiro atoms. The van der Waals surface area contributed by atoms with Crippen molar-refractivity contribution in [3.05, 3.63) is 46.3 Å². The number of hydrogen-bond acceptors (Lipinski definition) is 4. The lowest BCUT2D eigenvalue weighted by Gasteiger charge is -2.25. The van der Waals surface area contributed by atoms with Crippen LogP contribution in [0, 0.1) is 20.8 Å². The Morgan fingerprint density at radius 2 is 1.95 bits per heavy atom. The van der Waals surface area contributed by atoms with Crippen molar-refractivity contribution < 1.29 is 12.9 Å². The molecule has 2 aromatic rings. The molecule has 0 amide bonds. The van der Waals surface area contributed by atoms with Gasteiger partial charge in [-0.3, -0.25) is 0 Å². The van der Waals surface area contributed by atoms with Gasteiger partial charge in [0.05, 0.1) is 17.1 Å². The van der Waals surface area contributed by atoms with E-state index in [2.05, 4.69) is 5.16 Å². The van der Waals surface area contributed by atoms with E-state index < -0.39 is 10.0 Å². The van der Waals surface area contributed by atoms with E-state index in [0.717, 1.165) is 22.4 Å². The van der Waals surface area contributed by atoms with E-state index in [0.29, 0.717) is 23.6 Å². The van der Waals surface area contributed by atoms with Gasteiger partial charge in [0.25, 0.3) is 0 Å². The van der Waals surface area contributed by atoms with Gasteiger partial charge in [-0.25, -0.2) is 8.42 Å². The minimum absolute atomic E-state index is 0.255. The van der Waals surface area contributed by atoms with Crippen molar-refractivity contribution in [1.82, 2.24) is 9.46 Å². The molecule has 1 aliphatic rings. The predicted molar refractivity (Wildman–Crippen MR) is 78.5 cm³/mol. The second kappa shape index (κ2) is 4.96. The first-order chi connectivity index (χ1) is 9.89. The highest BCUT2D eigenvalue weighted by molar-refractivity contribution is 7.89. The van der Waals surface area contributed by atoms with Crippen LogP contribution in [-0.2, 0) is 23.0 Å². The number of aromatic nitrogens is 1. The number of aryl methyl sites for hydroxylation is 3. The Bertz CT molecular complexity index is 793. The molecule has 21 heavy (non-hydrogen) atoms. The lowest BCUT2D eigenvalue weighted by Crippen LogP contribution is -2.35. The molecule has 112 valence electrons. The molecule has 5 nitrogen and oxygen atoms in total. The summed E-state index contributed by atoms with van der Waals surface area (Å²) in [6.07, 6.45) is 0.648. The quantitative estimate of drug-likeness (QED) is 0.854. The van der Waals surface area contributed by atoms with Crippen molar-refractivity contribution in [1.29, 1.82) is 0 Å². The molecule has 3 rings (SSSR count). The molecule has 1 aliphatic heterocycles. The third kappa shape index (κ3) is 2.38. The number of nitrogens with zero attached hydrogens (tertiary/aromatic N) is 2. The number of rotatable bonds is 2. The van der Waals surface area contributed by atoms with Crippen molar-refractivity contribution in [3.8, 4) is 0 Å². The summed E-state index contributed by atoms with van der Waals surface area (Å²) in [5, 5.41) is 3.92. The Hall–Kier alpha value is -1.66. The number of sulfonamides is 1. The van der Waals surface area contributed by atoms with Crippen molar-refractivity contribution in [2.24, 2.45) is 0 Å². The molecule has 0 radical (unpaired) electrons. The Morgan fingerprint density at radius 1 is 1.19 bits per heavy atom. The normalized spacial score (nSPS) is 16.0. The van der Waals surface area contributed by atoms with Crippen molar-refractivity contribution in [2.75, 3.05) is 6.54 Å². The van der Waals surface area contributed by atoms with Crippen LogP contribution in [0.1, 0.15) is 28.1 Å². The van der Waals surface area contributed by atoms with Crippen molar-refractivity contribution in [2.45, 2.75) is 38.6 Å². The SMILES string of the molecule is Cc1ccc(S(=O)(=O)N2CCc3c(C)noc3C2)cc1C. The van der Waals surface area contributed by atoms with Gasteiger partial charge in [0, 0.05) is 12.1 Å². The molecule has 0 atom stereocenters. The van der Waals surface area contributed by atoms with E-state index in [1.165, 1.54) is 4.31 Å². The van der Waals surface area contributed by atoms with E-state index in [4.69, 9.17) is 4.52 Å². The Morgan fingerprint density at radius 3 is 2.67 bits per heavy atom. The lowest BCUT2D eigenvalue weighted by molar-refractivity contribution is 0.307. The van der Waals surface area contributed by atoms with E-state index in [9.17, 15) is 8.42 Å². The summed E-state index contributed by atoms with van der Waals surface area (Å²) in [6.45, 7) is 6.49. The molecule has 6 heteroatoms. The maximum atomic E-state index is 12.7. The van der Waals surface area contributed by atoms with Gasteiger partial charge in [0.1, 0.15) is 0 Å². The zero-order chi connectivity index (χ0) is 15.2. The number of fused-ring (bicyclic) bond motifs is 1. The topological polar surface area (TPSA) is 63.4 Å². The molecule has 0 saturated carbocycles. The van der Waals surface area contributed by atoms with E-state index in [-0.39, 0.29) is 6.54 Å². The Labute approximate surface area is 124 Å². The molecule has 0 aliphatic carbocycles. The molecule has 0 saturated heterocycles. The summed E-state index contributed by atoms with van der Waals surface area (Å²) in [4.78, 5) is 0.338. The van der Waals surface area contributed by atoms with Crippen LogP contribution in [0.2, 0.25) is 0 Å². The largest absolute Gasteiger partial charge is 0.359 e. The van der Waals surface area contributed by atoms with Crippen LogP contribution in [0.5, 0.6) is 0 Å². The van der Waals surface area contributed by atoms with E-state index in [1.807, 2.05) is 26.8 Å². The van der Waals surface area contributed by atoms with Crippen LogP contribution in [0.25, 0.3) is 0 Å².